The normalized spacial score (nSPS) is 11.9. The van der Waals surface area contributed by atoms with Gasteiger partial charge in [-0.1, -0.05) is 30.3 Å². The molecule has 0 amide bonds. The zero-order chi connectivity index (χ0) is 16.3. The minimum atomic E-state index is 0.0115. The highest BCUT2D eigenvalue weighted by atomic mass is 16.5. The van der Waals surface area contributed by atoms with Crippen molar-refractivity contribution in [2.24, 2.45) is 0 Å². The van der Waals surface area contributed by atoms with Gasteiger partial charge in [-0.25, -0.2) is 0 Å². The fourth-order valence-corrected chi connectivity index (χ4v) is 2.01. The Morgan fingerprint density at radius 3 is 2.26 bits per heavy atom. The molecule has 0 aliphatic rings. The second-order valence-electron chi connectivity index (χ2n) is 5.21. The van der Waals surface area contributed by atoms with E-state index in [2.05, 4.69) is 0 Å². The van der Waals surface area contributed by atoms with Gasteiger partial charge in [-0.2, -0.15) is 0 Å². The summed E-state index contributed by atoms with van der Waals surface area (Å²) in [6.07, 6.45) is 0.0115. The van der Waals surface area contributed by atoms with Gasteiger partial charge in [0, 0.05) is 0 Å². The summed E-state index contributed by atoms with van der Waals surface area (Å²) in [5, 5.41) is 0. The number of rotatable bonds is 10. The summed E-state index contributed by atoms with van der Waals surface area (Å²) in [7, 11) is 1.64. The monoisotopic (exact) mass is 316 g/mol. The van der Waals surface area contributed by atoms with Crippen LogP contribution in [0.15, 0.2) is 54.6 Å². The number of ether oxygens (including phenoxy) is 4. The number of hydrogen-bond acceptors (Lipinski definition) is 4. The molecule has 0 N–H and O–H groups in total. The lowest BCUT2D eigenvalue weighted by atomic mass is 10.2. The molecular weight excluding hydrogens is 292 g/mol. The molecule has 0 spiro atoms. The van der Waals surface area contributed by atoms with Gasteiger partial charge in [0.05, 0.1) is 33.0 Å². The molecule has 23 heavy (non-hydrogen) atoms. The van der Waals surface area contributed by atoms with Crippen LogP contribution in [-0.4, -0.2) is 33.0 Å². The highest BCUT2D eigenvalue weighted by Crippen LogP contribution is 2.17. The summed E-state index contributed by atoms with van der Waals surface area (Å²) in [6.45, 7) is 4.23. The quantitative estimate of drug-likeness (QED) is 0.626. The Morgan fingerprint density at radius 1 is 0.870 bits per heavy atom. The number of methoxy groups -OCH3 is 1. The van der Waals surface area contributed by atoms with Crippen molar-refractivity contribution in [3.05, 3.63) is 60.2 Å². The van der Waals surface area contributed by atoms with E-state index < -0.39 is 0 Å². The topological polar surface area (TPSA) is 36.9 Å². The first-order valence-corrected chi connectivity index (χ1v) is 7.78. The van der Waals surface area contributed by atoms with Gasteiger partial charge in [-0.15, -0.1) is 0 Å². The van der Waals surface area contributed by atoms with E-state index in [9.17, 15) is 0 Å². The van der Waals surface area contributed by atoms with E-state index in [1.54, 1.807) is 7.11 Å². The third-order valence-electron chi connectivity index (χ3n) is 3.29. The molecule has 4 heteroatoms. The first-order chi connectivity index (χ1) is 11.3. The molecule has 2 aromatic carbocycles. The first kappa shape index (κ1) is 17.3. The summed E-state index contributed by atoms with van der Waals surface area (Å²) < 4.78 is 22.0. The van der Waals surface area contributed by atoms with Crippen molar-refractivity contribution < 1.29 is 18.9 Å². The summed E-state index contributed by atoms with van der Waals surface area (Å²) >= 11 is 0. The van der Waals surface area contributed by atoms with Crippen LogP contribution in [0.2, 0.25) is 0 Å². The fourth-order valence-electron chi connectivity index (χ4n) is 2.01. The molecule has 0 saturated heterocycles. The highest BCUT2D eigenvalue weighted by molar-refractivity contribution is 5.31. The molecule has 2 rings (SSSR count). The van der Waals surface area contributed by atoms with E-state index in [-0.39, 0.29) is 6.10 Å². The van der Waals surface area contributed by atoms with E-state index in [4.69, 9.17) is 18.9 Å². The molecular formula is C19H24O4. The molecule has 1 atom stereocenters. The molecule has 0 heterocycles. The van der Waals surface area contributed by atoms with Crippen LogP contribution in [0.4, 0.5) is 0 Å². The molecule has 4 nitrogen and oxygen atoms in total. The first-order valence-electron chi connectivity index (χ1n) is 7.78. The molecule has 0 saturated carbocycles. The van der Waals surface area contributed by atoms with Crippen LogP contribution < -0.4 is 9.47 Å². The SMILES string of the molecule is COc1ccc(OC[C@@H](C)OCCOCc2ccccc2)cc1. The van der Waals surface area contributed by atoms with E-state index >= 15 is 0 Å². The number of hydrogen-bond donors (Lipinski definition) is 0. The van der Waals surface area contributed by atoms with Crippen LogP contribution in [0.5, 0.6) is 11.5 Å². The smallest absolute Gasteiger partial charge is 0.119 e. The van der Waals surface area contributed by atoms with Crippen molar-refractivity contribution in [1.82, 2.24) is 0 Å². The molecule has 0 fully saturated rings. The maximum atomic E-state index is 5.67. The molecule has 2 aromatic rings. The summed E-state index contributed by atoms with van der Waals surface area (Å²) in [5.41, 5.74) is 1.17. The van der Waals surface area contributed by atoms with Crippen LogP contribution in [0.3, 0.4) is 0 Å². The molecule has 0 aliphatic carbocycles. The Bertz CT molecular complexity index is 539. The molecule has 0 aliphatic heterocycles. The summed E-state index contributed by atoms with van der Waals surface area (Å²) in [6, 6.07) is 17.6. The van der Waals surface area contributed by atoms with Crippen molar-refractivity contribution in [2.75, 3.05) is 26.9 Å². The predicted molar refractivity (Wildman–Crippen MR) is 90.0 cm³/mol. The van der Waals surface area contributed by atoms with Crippen molar-refractivity contribution in [3.63, 3.8) is 0 Å². The van der Waals surface area contributed by atoms with E-state index in [1.165, 1.54) is 5.56 Å². The van der Waals surface area contributed by atoms with Gasteiger partial charge in [0.25, 0.3) is 0 Å². The van der Waals surface area contributed by atoms with Crippen LogP contribution in [0.1, 0.15) is 12.5 Å². The second-order valence-corrected chi connectivity index (χ2v) is 5.21. The van der Waals surface area contributed by atoms with Crippen molar-refractivity contribution >= 4 is 0 Å². The molecule has 0 radical (unpaired) electrons. The van der Waals surface area contributed by atoms with Crippen molar-refractivity contribution in [3.8, 4) is 11.5 Å². The molecule has 0 unspecified atom stereocenters. The van der Waals surface area contributed by atoms with Gasteiger partial charge in [0.2, 0.25) is 0 Å². The lowest BCUT2D eigenvalue weighted by Crippen LogP contribution is -2.20. The highest BCUT2D eigenvalue weighted by Gasteiger charge is 2.04. The third-order valence-corrected chi connectivity index (χ3v) is 3.29. The van der Waals surface area contributed by atoms with Gasteiger partial charge in [0.1, 0.15) is 18.1 Å². The van der Waals surface area contributed by atoms with Gasteiger partial charge in [-0.3, -0.25) is 0 Å². The van der Waals surface area contributed by atoms with Crippen molar-refractivity contribution in [1.29, 1.82) is 0 Å². The predicted octanol–water partition coefficient (Wildman–Crippen LogP) is 3.70. The maximum absolute atomic E-state index is 5.67. The molecule has 0 aromatic heterocycles. The van der Waals surface area contributed by atoms with Gasteiger partial charge in [-0.05, 0) is 36.8 Å². The number of benzene rings is 2. The lowest BCUT2D eigenvalue weighted by Gasteiger charge is -2.14. The van der Waals surface area contributed by atoms with Crippen LogP contribution >= 0.6 is 0 Å². The fraction of sp³-hybridized carbons (Fsp3) is 0.368. The maximum Gasteiger partial charge on any atom is 0.119 e. The molecule has 124 valence electrons. The van der Waals surface area contributed by atoms with Gasteiger partial charge < -0.3 is 18.9 Å². The lowest BCUT2D eigenvalue weighted by molar-refractivity contribution is -0.00948. The zero-order valence-electron chi connectivity index (χ0n) is 13.7. The standard InChI is InChI=1S/C19H24O4/c1-16(14-23-19-10-8-18(20-2)9-11-19)22-13-12-21-15-17-6-4-3-5-7-17/h3-11,16H,12-15H2,1-2H3/t16-/m1/s1. The Hall–Kier alpha value is -2.04. The zero-order valence-corrected chi connectivity index (χ0v) is 13.7. The summed E-state index contributed by atoms with van der Waals surface area (Å²) in [4.78, 5) is 0. The van der Waals surface area contributed by atoms with E-state index in [0.717, 1.165) is 11.5 Å². The van der Waals surface area contributed by atoms with Gasteiger partial charge >= 0.3 is 0 Å². The van der Waals surface area contributed by atoms with Crippen molar-refractivity contribution in [2.45, 2.75) is 19.6 Å². The Kier molecular flexibility index (Phi) is 7.43. The molecule has 0 bridgehead atoms. The Balaban J connectivity index is 1.55. The largest absolute Gasteiger partial charge is 0.497 e. The van der Waals surface area contributed by atoms with Crippen LogP contribution in [0.25, 0.3) is 0 Å². The van der Waals surface area contributed by atoms with E-state index in [1.807, 2.05) is 61.5 Å². The Morgan fingerprint density at radius 2 is 1.57 bits per heavy atom. The van der Waals surface area contributed by atoms with Crippen LogP contribution in [0, 0.1) is 0 Å². The van der Waals surface area contributed by atoms with Crippen LogP contribution in [-0.2, 0) is 16.1 Å². The third kappa shape index (κ3) is 6.72. The minimum absolute atomic E-state index is 0.0115. The second kappa shape index (κ2) is 9.87. The average molecular weight is 316 g/mol. The van der Waals surface area contributed by atoms with Gasteiger partial charge in [0.15, 0.2) is 0 Å². The Labute approximate surface area is 137 Å². The summed E-state index contributed by atoms with van der Waals surface area (Å²) in [5.74, 6) is 1.62. The minimum Gasteiger partial charge on any atom is -0.497 e. The average Bonchev–Trinajstić information content (AvgIpc) is 2.61. The van der Waals surface area contributed by atoms with E-state index in [0.29, 0.717) is 26.4 Å².